The fourth-order valence-corrected chi connectivity index (χ4v) is 4.28. The number of rotatable bonds is 1. The van der Waals surface area contributed by atoms with E-state index < -0.39 is 6.10 Å². The van der Waals surface area contributed by atoms with E-state index in [4.69, 9.17) is 16.3 Å². The molecule has 1 aromatic carbocycles. The van der Waals surface area contributed by atoms with Crippen LogP contribution in [0.1, 0.15) is 50.3 Å². The molecule has 0 bridgehead atoms. The first-order valence-electron chi connectivity index (χ1n) is 7.87. The summed E-state index contributed by atoms with van der Waals surface area (Å²) in [5.41, 5.74) is 2.15. The van der Waals surface area contributed by atoms with E-state index in [1.807, 2.05) is 13.0 Å². The lowest BCUT2D eigenvalue weighted by atomic mass is 9.88. The summed E-state index contributed by atoms with van der Waals surface area (Å²) in [7, 11) is 0. The Morgan fingerprint density at radius 2 is 1.90 bits per heavy atom. The van der Waals surface area contributed by atoms with Crippen LogP contribution >= 0.6 is 11.6 Å². The van der Waals surface area contributed by atoms with Crippen molar-refractivity contribution < 1.29 is 9.84 Å². The fourth-order valence-electron chi connectivity index (χ4n) is 3.94. The zero-order chi connectivity index (χ0) is 15.1. The second kappa shape index (κ2) is 5.79. The topological polar surface area (TPSA) is 32.7 Å². The van der Waals surface area contributed by atoms with Gasteiger partial charge in [0.05, 0.1) is 11.1 Å². The molecule has 2 aliphatic heterocycles. The fraction of sp³-hybridized carbons (Fsp3) is 0.647. The first-order valence-corrected chi connectivity index (χ1v) is 8.25. The van der Waals surface area contributed by atoms with Gasteiger partial charge in [0.15, 0.2) is 0 Å². The average molecular weight is 310 g/mol. The van der Waals surface area contributed by atoms with Crippen LogP contribution in [0.4, 0.5) is 0 Å². The molecule has 2 aliphatic rings. The summed E-state index contributed by atoms with van der Waals surface area (Å²) in [6, 6.07) is 4.97. The van der Waals surface area contributed by atoms with E-state index >= 15 is 0 Å². The molecule has 1 saturated heterocycles. The van der Waals surface area contributed by atoms with E-state index in [-0.39, 0.29) is 6.04 Å². The standard InChI is InChI=1S/C17H24ClNO2/c1-10-7-13-16(19-11(2)5-4-6-12(19)3)15(20)9-21-17(13)14(18)8-10/h7-8,11-12,15-16,20H,4-6,9H2,1-3H3. The molecule has 1 N–H and O–H groups in total. The SMILES string of the molecule is Cc1cc(Cl)c2c(c1)C(N1C(C)CCCC1C)C(O)CO2. The third kappa shape index (κ3) is 2.67. The lowest BCUT2D eigenvalue weighted by Gasteiger charge is -2.47. The number of halogens is 1. The van der Waals surface area contributed by atoms with Crippen molar-refractivity contribution in [2.75, 3.05) is 6.61 Å². The Hall–Kier alpha value is -0.770. The van der Waals surface area contributed by atoms with Crippen molar-refractivity contribution in [2.24, 2.45) is 0 Å². The zero-order valence-corrected chi connectivity index (χ0v) is 13.7. The molecule has 116 valence electrons. The summed E-state index contributed by atoms with van der Waals surface area (Å²) in [4.78, 5) is 2.46. The Bertz CT molecular complexity index is 524. The molecule has 0 aromatic heterocycles. The summed E-state index contributed by atoms with van der Waals surface area (Å²) >= 11 is 6.35. The Morgan fingerprint density at radius 3 is 2.57 bits per heavy atom. The van der Waals surface area contributed by atoms with Crippen LogP contribution in [0.15, 0.2) is 12.1 Å². The van der Waals surface area contributed by atoms with E-state index in [0.29, 0.717) is 23.7 Å². The number of piperidine rings is 1. The highest BCUT2D eigenvalue weighted by Gasteiger charge is 2.40. The monoisotopic (exact) mass is 309 g/mol. The molecule has 0 radical (unpaired) electrons. The minimum absolute atomic E-state index is 0.0172. The van der Waals surface area contributed by atoms with Gasteiger partial charge in [0.2, 0.25) is 0 Å². The number of benzene rings is 1. The second-order valence-electron chi connectivity index (χ2n) is 6.56. The number of hydrogen-bond donors (Lipinski definition) is 1. The number of aryl methyl sites for hydroxylation is 1. The predicted molar refractivity (Wildman–Crippen MR) is 85.0 cm³/mol. The maximum absolute atomic E-state index is 10.6. The van der Waals surface area contributed by atoms with Crippen LogP contribution in [-0.2, 0) is 0 Å². The number of likely N-dealkylation sites (tertiary alicyclic amines) is 1. The van der Waals surface area contributed by atoms with Crippen molar-refractivity contribution in [3.05, 3.63) is 28.3 Å². The van der Waals surface area contributed by atoms with E-state index in [0.717, 1.165) is 16.9 Å². The maximum Gasteiger partial charge on any atom is 0.142 e. The van der Waals surface area contributed by atoms with Crippen LogP contribution in [-0.4, -0.2) is 34.8 Å². The van der Waals surface area contributed by atoms with E-state index in [9.17, 15) is 5.11 Å². The first-order chi connectivity index (χ1) is 9.99. The molecule has 21 heavy (non-hydrogen) atoms. The molecule has 1 aromatic rings. The highest BCUT2D eigenvalue weighted by Crippen LogP contribution is 2.44. The largest absolute Gasteiger partial charge is 0.489 e. The summed E-state index contributed by atoms with van der Waals surface area (Å²) in [5.74, 6) is 0.752. The molecule has 0 aliphatic carbocycles. The Balaban J connectivity index is 2.06. The van der Waals surface area contributed by atoms with Gasteiger partial charge >= 0.3 is 0 Å². The third-order valence-corrected chi connectivity index (χ3v) is 5.16. The zero-order valence-electron chi connectivity index (χ0n) is 13.0. The van der Waals surface area contributed by atoms with Crippen molar-refractivity contribution in [3.8, 4) is 5.75 Å². The minimum Gasteiger partial charge on any atom is -0.489 e. The number of ether oxygens (including phenoxy) is 1. The summed E-state index contributed by atoms with van der Waals surface area (Å²) in [6.45, 7) is 6.87. The third-order valence-electron chi connectivity index (χ3n) is 4.88. The average Bonchev–Trinajstić information content (AvgIpc) is 2.40. The Kier molecular flexibility index (Phi) is 4.17. The van der Waals surface area contributed by atoms with Crippen molar-refractivity contribution in [2.45, 2.75) is 64.3 Å². The number of nitrogens with zero attached hydrogens (tertiary/aromatic N) is 1. The predicted octanol–water partition coefficient (Wildman–Crippen LogP) is 3.71. The van der Waals surface area contributed by atoms with Crippen molar-refractivity contribution in [3.63, 3.8) is 0 Å². The number of aliphatic hydroxyl groups excluding tert-OH is 1. The molecule has 4 atom stereocenters. The highest BCUT2D eigenvalue weighted by molar-refractivity contribution is 6.32. The van der Waals surface area contributed by atoms with Gasteiger partial charge < -0.3 is 9.84 Å². The number of aliphatic hydroxyl groups is 1. The van der Waals surface area contributed by atoms with Crippen LogP contribution in [0.2, 0.25) is 5.02 Å². The maximum atomic E-state index is 10.6. The van der Waals surface area contributed by atoms with Crippen molar-refractivity contribution >= 4 is 11.6 Å². The van der Waals surface area contributed by atoms with Crippen LogP contribution in [0.5, 0.6) is 5.75 Å². The van der Waals surface area contributed by atoms with Gasteiger partial charge in [0, 0.05) is 17.6 Å². The molecule has 0 amide bonds. The molecule has 4 unspecified atom stereocenters. The molecule has 3 rings (SSSR count). The van der Waals surface area contributed by atoms with Gasteiger partial charge in [0.1, 0.15) is 18.5 Å². The quantitative estimate of drug-likeness (QED) is 0.858. The Labute approximate surface area is 131 Å². The molecule has 0 spiro atoms. The smallest absolute Gasteiger partial charge is 0.142 e. The van der Waals surface area contributed by atoms with Gasteiger partial charge in [0.25, 0.3) is 0 Å². The molecular weight excluding hydrogens is 286 g/mol. The van der Waals surface area contributed by atoms with Crippen LogP contribution in [0.25, 0.3) is 0 Å². The molecule has 1 fully saturated rings. The molecule has 4 heteroatoms. The van der Waals surface area contributed by atoms with Gasteiger partial charge in [-0.15, -0.1) is 0 Å². The lowest BCUT2D eigenvalue weighted by Crippen LogP contribution is -2.51. The van der Waals surface area contributed by atoms with E-state index in [2.05, 4.69) is 24.8 Å². The molecular formula is C17H24ClNO2. The number of fused-ring (bicyclic) bond motifs is 1. The van der Waals surface area contributed by atoms with Gasteiger partial charge in [-0.3, -0.25) is 4.90 Å². The van der Waals surface area contributed by atoms with E-state index in [1.54, 1.807) is 0 Å². The minimum atomic E-state index is -0.502. The van der Waals surface area contributed by atoms with Gasteiger partial charge in [-0.25, -0.2) is 0 Å². The van der Waals surface area contributed by atoms with Crippen LogP contribution in [0.3, 0.4) is 0 Å². The summed E-state index contributed by atoms with van der Waals surface area (Å²) < 4.78 is 5.70. The van der Waals surface area contributed by atoms with Crippen molar-refractivity contribution in [1.29, 1.82) is 0 Å². The van der Waals surface area contributed by atoms with Gasteiger partial charge in [-0.05, 0) is 45.2 Å². The number of hydrogen-bond acceptors (Lipinski definition) is 3. The lowest BCUT2D eigenvalue weighted by molar-refractivity contribution is -0.0455. The Morgan fingerprint density at radius 1 is 1.24 bits per heavy atom. The van der Waals surface area contributed by atoms with Crippen LogP contribution < -0.4 is 4.74 Å². The highest BCUT2D eigenvalue weighted by atomic mass is 35.5. The molecule has 3 nitrogen and oxygen atoms in total. The summed E-state index contributed by atoms with van der Waals surface area (Å²) in [6.07, 6.45) is 3.13. The molecule has 2 heterocycles. The normalized spacial score (nSPS) is 33.4. The van der Waals surface area contributed by atoms with Gasteiger partial charge in [-0.2, -0.15) is 0 Å². The second-order valence-corrected chi connectivity index (χ2v) is 6.97. The summed E-state index contributed by atoms with van der Waals surface area (Å²) in [5, 5.41) is 11.2. The van der Waals surface area contributed by atoms with Crippen molar-refractivity contribution in [1.82, 2.24) is 4.90 Å². The van der Waals surface area contributed by atoms with E-state index in [1.165, 1.54) is 19.3 Å². The molecule has 0 saturated carbocycles. The van der Waals surface area contributed by atoms with Gasteiger partial charge in [-0.1, -0.05) is 24.1 Å². The first kappa shape index (κ1) is 15.1. The van der Waals surface area contributed by atoms with Crippen LogP contribution in [0, 0.1) is 6.92 Å².